The minimum atomic E-state index is -0.440. The fraction of sp³-hybridized carbons (Fsp3) is 0.333. The van der Waals surface area contributed by atoms with Crippen molar-refractivity contribution in [3.63, 3.8) is 0 Å². The molecule has 1 aliphatic heterocycles. The maximum atomic E-state index is 12.7. The number of fused-ring (bicyclic) bond motifs is 1. The van der Waals surface area contributed by atoms with Crippen molar-refractivity contribution >= 4 is 11.6 Å². The summed E-state index contributed by atoms with van der Waals surface area (Å²) in [7, 11) is 0. The normalized spacial score (nSPS) is 17.0. The molecule has 2 heterocycles. The molecule has 110 valence electrons. The van der Waals surface area contributed by atoms with E-state index in [1.807, 2.05) is 24.3 Å². The maximum Gasteiger partial charge on any atom is 0.346 e. The molecule has 0 saturated heterocycles. The number of aryl methyl sites for hydroxylation is 2. The Labute approximate surface area is 126 Å². The van der Waals surface area contributed by atoms with Crippen LogP contribution in [0.1, 0.15) is 30.3 Å². The van der Waals surface area contributed by atoms with Crippen molar-refractivity contribution in [3.05, 3.63) is 63.6 Å². The summed E-state index contributed by atoms with van der Waals surface area (Å²) in [5.74, 6) is 0.314. The molecule has 1 aromatic carbocycles. The van der Waals surface area contributed by atoms with Crippen molar-refractivity contribution in [3.8, 4) is 0 Å². The smallest absolute Gasteiger partial charge is 0.271 e. The molecule has 0 aliphatic carbocycles. The Morgan fingerprint density at radius 1 is 1.43 bits per heavy atom. The van der Waals surface area contributed by atoms with E-state index < -0.39 is 5.83 Å². The van der Waals surface area contributed by atoms with Gasteiger partial charge in [-0.05, 0) is 24.1 Å². The van der Waals surface area contributed by atoms with Crippen molar-refractivity contribution in [2.45, 2.75) is 31.8 Å². The highest BCUT2D eigenvalue weighted by molar-refractivity contribution is 6.30. The third kappa shape index (κ3) is 2.65. The molecule has 21 heavy (non-hydrogen) atoms. The standard InChI is InChI=1S/C15H15ClFN3O/c1-10(17)8-9-19-15(21)20-13(6-7-14(20)18-19)11-2-4-12(16)5-3-11/h2-5,13H,1,6-9H2. The zero-order valence-corrected chi connectivity index (χ0v) is 12.2. The number of allylic oxidation sites excluding steroid dienone is 1. The van der Waals surface area contributed by atoms with E-state index in [4.69, 9.17) is 11.6 Å². The molecule has 1 atom stereocenters. The van der Waals surface area contributed by atoms with Crippen LogP contribution in [0.4, 0.5) is 4.39 Å². The monoisotopic (exact) mass is 307 g/mol. The average molecular weight is 308 g/mol. The van der Waals surface area contributed by atoms with Crippen molar-refractivity contribution < 1.29 is 4.39 Å². The second kappa shape index (κ2) is 5.48. The molecule has 1 aliphatic rings. The Hall–Kier alpha value is -1.88. The third-order valence-electron chi connectivity index (χ3n) is 3.74. The van der Waals surface area contributed by atoms with Gasteiger partial charge in [0.25, 0.3) is 0 Å². The van der Waals surface area contributed by atoms with Gasteiger partial charge >= 0.3 is 5.69 Å². The molecule has 0 saturated carbocycles. The molecule has 1 aromatic heterocycles. The molecule has 6 heteroatoms. The molecule has 2 aromatic rings. The van der Waals surface area contributed by atoms with Gasteiger partial charge in [0.15, 0.2) is 0 Å². The summed E-state index contributed by atoms with van der Waals surface area (Å²) in [6.07, 6.45) is 1.70. The summed E-state index contributed by atoms with van der Waals surface area (Å²) >= 11 is 5.90. The molecular formula is C15H15ClFN3O. The summed E-state index contributed by atoms with van der Waals surface area (Å²) < 4.78 is 15.8. The Bertz CT molecular complexity index is 732. The van der Waals surface area contributed by atoms with Crippen LogP contribution < -0.4 is 5.69 Å². The zero-order valence-electron chi connectivity index (χ0n) is 11.4. The van der Waals surface area contributed by atoms with E-state index in [0.29, 0.717) is 5.02 Å². The highest BCUT2D eigenvalue weighted by Gasteiger charge is 2.28. The van der Waals surface area contributed by atoms with E-state index in [0.717, 1.165) is 24.2 Å². The van der Waals surface area contributed by atoms with E-state index in [1.54, 1.807) is 4.57 Å². The van der Waals surface area contributed by atoms with Crippen LogP contribution in [0, 0.1) is 0 Å². The van der Waals surface area contributed by atoms with Gasteiger partial charge in [-0.1, -0.05) is 30.3 Å². The van der Waals surface area contributed by atoms with Crippen LogP contribution >= 0.6 is 11.6 Å². The van der Waals surface area contributed by atoms with Crippen LogP contribution in [-0.2, 0) is 13.0 Å². The first-order chi connectivity index (χ1) is 10.1. The second-order valence-corrected chi connectivity index (χ2v) is 5.60. The van der Waals surface area contributed by atoms with Gasteiger partial charge < -0.3 is 0 Å². The summed E-state index contributed by atoms with van der Waals surface area (Å²) in [4.78, 5) is 12.4. The lowest BCUT2D eigenvalue weighted by Gasteiger charge is -2.12. The Morgan fingerprint density at radius 2 is 2.14 bits per heavy atom. The van der Waals surface area contributed by atoms with Crippen LogP contribution in [0.3, 0.4) is 0 Å². The Balaban J connectivity index is 1.92. The summed E-state index contributed by atoms with van der Waals surface area (Å²) in [6.45, 7) is 3.43. The molecule has 0 spiro atoms. The van der Waals surface area contributed by atoms with Crippen molar-refractivity contribution in [1.82, 2.24) is 14.3 Å². The SMILES string of the molecule is C=C(F)CCn1nc2n(c1=O)C(c1ccc(Cl)cc1)CC2. The molecule has 0 amide bonds. The first-order valence-electron chi connectivity index (χ1n) is 6.83. The van der Waals surface area contributed by atoms with Gasteiger partial charge in [-0.25, -0.2) is 13.9 Å². The summed E-state index contributed by atoms with van der Waals surface area (Å²) in [5.41, 5.74) is 0.846. The van der Waals surface area contributed by atoms with E-state index in [1.165, 1.54) is 4.68 Å². The molecule has 0 bridgehead atoms. The van der Waals surface area contributed by atoms with Gasteiger partial charge in [-0.15, -0.1) is 0 Å². The first-order valence-corrected chi connectivity index (χ1v) is 7.21. The van der Waals surface area contributed by atoms with E-state index in [2.05, 4.69) is 11.7 Å². The fourth-order valence-electron chi connectivity index (χ4n) is 2.72. The summed E-state index contributed by atoms with van der Waals surface area (Å²) in [6, 6.07) is 7.46. The lowest BCUT2D eigenvalue weighted by molar-refractivity contribution is 0.497. The second-order valence-electron chi connectivity index (χ2n) is 5.17. The number of hydrogen-bond donors (Lipinski definition) is 0. The lowest BCUT2D eigenvalue weighted by atomic mass is 10.1. The fourth-order valence-corrected chi connectivity index (χ4v) is 2.84. The van der Waals surface area contributed by atoms with Crippen LogP contribution in [0.5, 0.6) is 0 Å². The van der Waals surface area contributed by atoms with Gasteiger partial charge in [-0.2, -0.15) is 5.10 Å². The molecule has 3 rings (SSSR count). The molecule has 0 fully saturated rings. The van der Waals surface area contributed by atoms with E-state index in [9.17, 15) is 9.18 Å². The Morgan fingerprint density at radius 3 is 2.81 bits per heavy atom. The largest absolute Gasteiger partial charge is 0.346 e. The van der Waals surface area contributed by atoms with Crippen molar-refractivity contribution in [2.24, 2.45) is 0 Å². The van der Waals surface area contributed by atoms with E-state index in [-0.39, 0.29) is 24.7 Å². The average Bonchev–Trinajstić information content (AvgIpc) is 2.99. The number of aromatic nitrogens is 3. The number of hydrogen-bond acceptors (Lipinski definition) is 2. The van der Waals surface area contributed by atoms with Crippen molar-refractivity contribution in [2.75, 3.05) is 0 Å². The first kappa shape index (κ1) is 14.1. The topological polar surface area (TPSA) is 39.8 Å². The zero-order chi connectivity index (χ0) is 15.0. The minimum absolute atomic E-state index is 0.0212. The van der Waals surface area contributed by atoms with Gasteiger partial charge in [-0.3, -0.25) is 4.57 Å². The number of rotatable bonds is 4. The van der Waals surface area contributed by atoms with Gasteiger partial charge in [0.05, 0.1) is 18.4 Å². The number of benzene rings is 1. The maximum absolute atomic E-state index is 12.7. The van der Waals surface area contributed by atoms with Gasteiger partial charge in [0.1, 0.15) is 5.82 Å². The number of halogens is 2. The van der Waals surface area contributed by atoms with Crippen molar-refractivity contribution in [1.29, 1.82) is 0 Å². The molecular weight excluding hydrogens is 293 g/mol. The summed E-state index contributed by atoms with van der Waals surface area (Å²) in [5, 5.41) is 4.96. The van der Waals surface area contributed by atoms with Crippen LogP contribution in [-0.4, -0.2) is 14.3 Å². The van der Waals surface area contributed by atoms with E-state index >= 15 is 0 Å². The Kier molecular flexibility index (Phi) is 3.68. The third-order valence-corrected chi connectivity index (χ3v) is 4.00. The predicted molar refractivity (Wildman–Crippen MR) is 79.3 cm³/mol. The molecule has 0 radical (unpaired) electrons. The molecule has 4 nitrogen and oxygen atoms in total. The van der Waals surface area contributed by atoms with Gasteiger partial charge in [0, 0.05) is 17.9 Å². The van der Waals surface area contributed by atoms with Crippen LogP contribution in [0.15, 0.2) is 41.5 Å². The highest BCUT2D eigenvalue weighted by Crippen LogP contribution is 2.29. The van der Waals surface area contributed by atoms with Gasteiger partial charge in [0.2, 0.25) is 0 Å². The lowest BCUT2D eigenvalue weighted by Crippen LogP contribution is -2.27. The number of nitrogens with zero attached hydrogens (tertiary/aromatic N) is 3. The quantitative estimate of drug-likeness (QED) is 0.870. The highest BCUT2D eigenvalue weighted by atomic mass is 35.5. The molecule has 1 unspecified atom stereocenters. The minimum Gasteiger partial charge on any atom is -0.271 e. The molecule has 0 N–H and O–H groups in total. The van der Waals surface area contributed by atoms with Crippen LogP contribution in [0.25, 0.3) is 0 Å². The predicted octanol–water partition coefficient (Wildman–Crippen LogP) is 3.11. The van der Waals surface area contributed by atoms with Crippen LogP contribution in [0.2, 0.25) is 5.02 Å².